The van der Waals surface area contributed by atoms with Crippen molar-refractivity contribution in [1.82, 2.24) is 4.98 Å². The van der Waals surface area contributed by atoms with E-state index in [1.54, 1.807) is 44.5 Å². The summed E-state index contributed by atoms with van der Waals surface area (Å²) in [7, 11) is 1.59. The molecule has 20 heavy (non-hydrogen) atoms. The predicted octanol–water partition coefficient (Wildman–Crippen LogP) is 4.46. The molecule has 0 aliphatic carbocycles. The fourth-order valence-corrected chi connectivity index (χ4v) is 2.54. The number of ether oxygens (including phenoxy) is 2. The molecule has 0 saturated heterocycles. The minimum absolute atomic E-state index is 0.375. The standard InChI is InChI=1S/C14H13Br2NO3/c1-8(18)9-4-3-5-17-14(9)20-13-7-10(15)12(19-2)6-11(13)16/h3-8,18H,1-2H3/t8-/m1/s1. The number of benzene rings is 1. The maximum absolute atomic E-state index is 9.73. The van der Waals surface area contributed by atoms with Gasteiger partial charge < -0.3 is 14.6 Å². The Morgan fingerprint density at radius 2 is 1.85 bits per heavy atom. The molecule has 106 valence electrons. The highest BCUT2D eigenvalue weighted by Crippen LogP contribution is 2.38. The third-order valence-corrected chi connectivity index (χ3v) is 3.90. The van der Waals surface area contributed by atoms with Gasteiger partial charge in [0.05, 0.1) is 22.2 Å². The number of aliphatic hydroxyl groups is 1. The number of hydrogen-bond acceptors (Lipinski definition) is 4. The molecule has 1 aromatic heterocycles. The van der Waals surface area contributed by atoms with Crippen molar-refractivity contribution in [2.24, 2.45) is 0 Å². The number of nitrogens with zero attached hydrogens (tertiary/aromatic N) is 1. The van der Waals surface area contributed by atoms with Crippen molar-refractivity contribution in [1.29, 1.82) is 0 Å². The van der Waals surface area contributed by atoms with Crippen molar-refractivity contribution in [2.75, 3.05) is 7.11 Å². The van der Waals surface area contributed by atoms with Crippen LogP contribution in [0.2, 0.25) is 0 Å². The molecule has 1 aromatic carbocycles. The number of aliphatic hydroxyl groups excluding tert-OH is 1. The number of hydrogen-bond donors (Lipinski definition) is 1. The van der Waals surface area contributed by atoms with Gasteiger partial charge in [-0.2, -0.15) is 0 Å². The van der Waals surface area contributed by atoms with Gasteiger partial charge in [-0.15, -0.1) is 0 Å². The highest BCUT2D eigenvalue weighted by Gasteiger charge is 2.14. The summed E-state index contributed by atoms with van der Waals surface area (Å²) >= 11 is 6.83. The summed E-state index contributed by atoms with van der Waals surface area (Å²) < 4.78 is 12.5. The third-order valence-electron chi connectivity index (χ3n) is 2.66. The van der Waals surface area contributed by atoms with E-state index in [2.05, 4.69) is 36.8 Å². The second-order valence-corrected chi connectivity index (χ2v) is 5.80. The van der Waals surface area contributed by atoms with Crippen LogP contribution in [-0.2, 0) is 0 Å². The van der Waals surface area contributed by atoms with Crippen LogP contribution < -0.4 is 9.47 Å². The summed E-state index contributed by atoms with van der Waals surface area (Å²) in [6.45, 7) is 1.67. The van der Waals surface area contributed by atoms with Crippen LogP contribution in [0.1, 0.15) is 18.6 Å². The zero-order valence-electron chi connectivity index (χ0n) is 10.9. The topological polar surface area (TPSA) is 51.6 Å². The number of rotatable bonds is 4. The quantitative estimate of drug-likeness (QED) is 0.820. The first kappa shape index (κ1) is 15.3. The molecule has 1 N–H and O–H groups in total. The van der Waals surface area contributed by atoms with Crippen LogP contribution in [0, 0.1) is 0 Å². The molecule has 0 fully saturated rings. The van der Waals surface area contributed by atoms with Crippen molar-refractivity contribution < 1.29 is 14.6 Å². The van der Waals surface area contributed by atoms with E-state index in [9.17, 15) is 5.11 Å². The van der Waals surface area contributed by atoms with Gasteiger partial charge in [0.1, 0.15) is 11.5 Å². The van der Waals surface area contributed by atoms with E-state index < -0.39 is 6.10 Å². The SMILES string of the molecule is COc1cc(Br)c(Oc2ncccc2[C@@H](C)O)cc1Br. The van der Waals surface area contributed by atoms with Crippen molar-refractivity contribution in [3.8, 4) is 17.4 Å². The highest BCUT2D eigenvalue weighted by atomic mass is 79.9. The molecule has 6 heteroatoms. The zero-order valence-corrected chi connectivity index (χ0v) is 14.1. The Morgan fingerprint density at radius 3 is 2.50 bits per heavy atom. The van der Waals surface area contributed by atoms with Crippen LogP contribution >= 0.6 is 31.9 Å². The molecule has 0 amide bonds. The maximum atomic E-state index is 9.73. The monoisotopic (exact) mass is 401 g/mol. The predicted molar refractivity (Wildman–Crippen MR) is 83.3 cm³/mol. The Balaban J connectivity index is 2.38. The Morgan fingerprint density at radius 1 is 1.20 bits per heavy atom. The van der Waals surface area contributed by atoms with Gasteiger partial charge in [0.2, 0.25) is 5.88 Å². The van der Waals surface area contributed by atoms with E-state index in [-0.39, 0.29) is 0 Å². The molecule has 2 aromatic rings. The van der Waals surface area contributed by atoms with Gasteiger partial charge in [-0.25, -0.2) is 4.98 Å². The molecule has 0 unspecified atom stereocenters. The normalized spacial score (nSPS) is 12.1. The van der Waals surface area contributed by atoms with E-state index in [1.807, 2.05) is 0 Å². The Labute approximate surface area is 134 Å². The molecule has 1 atom stereocenters. The summed E-state index contributed by atoms with van der Waals surface area (Å²) in [6.07, 6.45) is 0.965. The molecule has 2 rings (SSSR count). The maximum Gasteiger partial charge on any atom is 0.225 e. The number of methoxy groups -OCH3 is 1. The van der Waals surface area contributed by atoms with Crippen LogP contribution in [-0.4, -0.2) is 17.2 Å². The van der Waals surface area contributed by atoms with E-state index in [0.717, 1.165) is 8.95 Å². The van der Waals surface area contributed by atoms with Crippen molar-refractivity contribution in [3.63, 3.8) is 0 Å². The molecule has 4 nitrogen and oxygen atoms in total. The van der Waals surface area contributed by atoms with Crippen molar-refractivity contribution >= 4 is 31.9 Å². The molecule has 1 heterocycles. The summed E-state index contributed by atoms with van der Waals surface area (Å²) in [5.41, 5.74) is 0.631. The molecule has 0 bridgehead atoms. The number of pyridine rings is 1. The third kappa shape index (κ3) is 3.31. The van der Waals surface area contributed by atoms with E-state index in [4.69, 9.17) is 9.47 Å². The molecule has 0 spiro atoms. The smallest absolute Gasteiger partial charge is 0.225 e. The molecular weight excluding hydrogens is 390 g/mol. The second kappa shape index (κ2) is 6.56. The fraction of sp³-hybridized carbons (Fsp3) is 0.214. The van der Waals surface area contributed by atoms with Crippen LogP contribution in [0.5, 0.6) is 17.4 Å². The van der Waals surface area contributed by atoms with Gasteiger partial charge in [-0.1, -0.05) is 0 Å². The molecule has 0 saturated carbocycles. The van der Waals surface area contributed by atoms with Crippen LogP contribution in [0.4, 0.5) is 0 Å². The van der Waals surface area contributed by atoms with Crippen LogP contribution in [0.15, 0.2) is 39.4 Å². The Hall–Kier alpha value is -1.11. The van der Waals surface area contributed by atoms with E-state index in [1.165, 1.54) is 0 Å². The van der Waals surface area contributed by atoms with Crippen molar-refractivity contribution in [2.45, 2.75) is 13.0 Å². The van der Waals surface area contributed by atoms with E-state index >= 15 is 0 Å². The molecule has 0 aliphatic rings. The lowest BCUT2D eigenvalue weighted by atomic mass is 10.2. The first-order valence-corrected chi connectivity index (χ1v) is 7.45. The van der Waals surface area contributed by atoms with Gasteiger partial charge in [0, 0.05) is 11.8 Å². The van der Waals surface area contributed by atoms with Gasteiger partial charge in [0.25, 0.3) is 0 Å². The lowest BCUT2D eigenvalue weighted by Gasteiger charge is -2.14. The van der Waals surface area contributed by atoms with Crippen LogP contribution in [0.3, 0.4) is 0 Å². The summed E-state index contributed by atoms with van der Waals surface area (Å²) in [5, 5.41) is 9.73. The lowest BCUT2D eigenvalue weighted by Crippen LogP contribution is -1.98. The minimum Gasteiger partial charge on any atom is -0.496 e. The largest absolute Gasteiger partial charge is 0.496 e. The number of aromatic nitrogens is 1. The first-order valence-electron chi connectivity index (χ1n) is 5.86. The highest BCUT2D eigenvalue weighted by molar-refractivity contribution is 9.11. The summed E-state index contributed by atoms with van der Waals surface area (Å²) in [4.78, 5) is 4.16. The molecule has 0 aliphatic heterocycles. The van der Waals surface area contributed by atoms with Gasteiger partial charge in [0.15, 0.2) is 0 Å². The van der Waals surface area contributed by atoms with E-state index in [0.29, 0.717) is 22.9 Å². The zero-order chi connectivity index (χ0) is 14.7. The minimum atomic E-state index is -0.654. The van der Waals surface area contributed by atoms with Crippen LogP contribution in [0.25, 0.3) is 0 Å². The Bertz CT molecular complexity index is 617. The average molecular weight is 403 g/mol. The van der Waals surface area contributed by atoms with Gasteiger partial charge in [-0.05, 0) is 63.0 Å². The first-order chi connectivity index (χ1) is 9.52. The summed E-state index contributed by atoms with van der Waals surface area (Å²) in [6, 6.07) is 7.11. The fourth-order valence-electron chi connectivity index (χ4n) is 1.66. The Kier molecular flexibility index (Phi) is 5.01. The van der Waals surface area contributed by atoms with Gasteiger partial charge >= 0.3 is 0 Å². The van der Waals surface area contributed by atoms with Gasteiger partial charge in [-0.3, -0.25) is 0 Å². The average Bonchev–Trinajstić information content (AvgIpc) is 2.42. The lowest BCUT2D eigenvalue weighted by molar-refractivity contribution is 0.194. The molecular formula is C14H13Br2NO3. The summed E-state index contributed by atoms with van der Waals surface area (Å²) in [5.74, 6) is 1.65. The molecule has 0 radical (unpaired) electrons. The second-order valence-electron chi connectivity index (χ2n) is 4.09. The van der Waals surface area contributed by atoms with Crippen molar-refractivity contribution in [3.05, 3.63) is 45.0 Å². The number of halogens is 2.